The summed E-state index contributed by atoms with van der Waals surface area (Å²) in [4.78, 5) is 14.3. The second-order valence-corrected chi connectivity index (χ2v) is 7.31. The van der Waals surface area contributed by atoms with Crippen LogP contribution in [0.4, 0.5) is 0 Å². The second-order valence-electron chi connectivity index (χ2n) is 7.31. The number of ether oxygens (including phenoxy) is 1. The molecule has 0 aliphatic carbocycles. The summed E-state index contributed by atoms with van der Waals surface area (Å²) in [5.41, 5.74) is 4.78. The molecule has 0 bridgehead atoms. The zero-order chi connectivity index (χ0) is 19.0. The van der Waals surface area contributed by atoms with Gasteiger partial charge in [0.15, 0.2) is 0 Å². The first-order valence-corrected chi connectivity index (χ1v) is 9.59. The summed E-state index contributed by atoms with van der Waals surface area (Å²) in [6.07, 6.45) is 1.85. The molecule has 0 unspecified atom stereocenters. The number of rotatable bonds is 4. The minimum atomic E-state index is -0.288. The Balaban J connectivity index is 1.76. The van der Waals surface area contributed by atoms with Gasteiger partial charge in [-0.15, -0.1) is 0 Å². The van der Waals surface area contributed by atoms with E-state index < -0.39 is 0 Å². The predicted molar refractivity (Wildman–Crippen MR) is 107 cm³/mol. The Hall–Kier alpha value is -2.59. The highest BCUT2D eigenvalue weighted by molar-refractivity contribution is 5.86. The van der Waals surface area contributed by atoms with Crippen molar-refractivity contribution < 1.29 is 9.15 Å². The summed E-state index contributed by atoms with van der Waals surface area (Å²) in [5, 5.41) is 1.03. The number of fused-ring (bicyclic) bond motifs is 2. The van der Waals surface area contributed by atoms with Gasteiger partial charge in [-0.05, 0) is 37.5 Å². The summed E-state index contributed by atoms with van der Waals surface area (Å²) in [6.45, 7) is 7.65. The van der Waals surface area contributed by atoms with Crippen molar-refractivity contribution in [2.24, 2.45) is 0 Å². The summed E-state index contributed by atoms with van der Waals surface area (Å²) < 4.78 is 11.7. The molecule has 140 valence electrons. The highest BCUT2D eigenvalue weighted by Gasteiger charge is 2.26. The number of aryl methyl sites for hydroxylation is 2. The Kier molecular flexibility index (Phi) is 4.75. The average Bonchev–Trinajstić information content (AvgIpc) is 2.69. The van der Waals surface area contributed by atoms with Gasteiger partial charge in [0.1, 0.15) is 18.1 Å². The lowest BCUT2D eigenvalue weighted by atomic mass is 9.98. The van der Waals surface area contributed by atoms with Crippen molar-refractivity contribution >= 4 is 11.0 Å². The SMILES string of the molecule is CCCc1cc(=O)oc2c(C)c3c(cc12)CN([C@H](C)c1ccccc1)CO3. The van der Waals surface area contributed by atoms with Gasteiger partial charge in [-0.3, -0.25) is 4.90 Å². The molecule has 0 fully saturated rings. The molecular formula is C23H25NO3. The monoisotopic (exact) mass is 363 g/mol. The quantitative estimate of drug-likeness (QED) is 0.614. The molecule has 1 aliphatic rings. The molecule has 0 amide bonds. The van der Waals surface area contributed by atoms with E-state index in [0.717, 1.165) is 47.2 Å². The molecule has 0 spiro atoms. The Bertz CT molecular complexity index is 1020. The molecule has 2 heterocycles. The maximum atomic E-state index is 12.0. The minimum Gasteiger partial charge on any atom is -0.477 e. The van der Waals surface area contributed by atoms with Crippen molar-refractivity contribution in [1.82, 2.24) is 4.90 Å². The van der Waals surface area contributed by atoms with Crippen molar-refractivity contribution in [1.29, 1.82) is 0 Å². The lowest BCUT2D eigenvalue weighted by Crippen LogP contribution is -2.34. The third-order valence-electron chi connectivity index (χ3n) is 5.47. The van der Waals surface area contributed by atoms with E-state index >= 15 is 0 Å². The lowest BCUT2D eigenvalue weighted by Gasteiger charge is -2.34. The van der Waals surface area contributed by atoms with E-state index in [1.54, 1.807) is 6.07 Å². The van der Waals surface area contributed by atoms with Gasteiger partial charge >= 0.3 is 5.63 Å². The van der Waals surface area contributed by atoms with Crippen molar-refractivity contribution in [2.75, 3.05) is 6.73 Å². The van der Waals surface area contributed by atoms with Gasteiger partial charge in [-0.1, -0.05) is 43.7 Å². The Labute approximate surface area is 159 Å². The molecule has 0 N–H and O–H groups in total. The van der Waals surface area contributed by atoms with Crippen molar-refractivity contribution in [3.8, 4) is 5.75 Å². The molecule has 3 aromatic rings. The standard InChI is InChI=1S/C23H25NO3/c1-4-8-18-12-21(25)27-23-15(2)22-19(11-20(18)23)13-24(14-26-22)16(3)17-9-6-5-7-10-17/h5-7,9-12,16H,4,8,13-14H2,1-3H3/t16-/m1/s1. The normalized spacial score (nSPS) is 15.4. The van der Waals surface area contributed by atoms with E-state index in [2.05, 4.69) is 49.1 Å². The van der Waals surface area contributed by atoms with Gasteiger partial charge < -0.3 is 9.15 Å². The highest BCUT2D eigenvalue weighted by Crippen LogP contribution is 2.37. The molecule has 2 aromatic carbocycles. The lowest BCUT2D eigenvalue weighted by molar-refractivity contribution is 0.0613. The zero-order valence-corrected chi connectivity index (χ0v) is 16.1. The maximum Gasteiger partial charge on any atom is 0.336 e. The maximum absolute atomic E-state index is 12.0. The Morgan fingerprint density at radius 1 is 1.19 bits per heavy atom. The van der Waals surface area contributed by atoms with E-state index in [4.69, 9.17) is 9.15 Å². The second kappa shape index (κ2) is 7.20. The van der Waals surface area contributed by atoms with Crippen molar-refractivity contribution in [2.45, 2.75) is 46.2 Å². The number of hydrogen-bond donors (Lipinski definition) is 0. The molecule has 1 aliphatic heterocycles. The number of hydrogen-bond acceptors (Lipinski definition) is 4. The third kappa shape index (κ3) is 3.26. The molecule has 27 heavy (non-hydrogen) atoms. The van der Waals surface area contributed by atoms with Crippen LogP contribution in [0.5, 0.6) is 5.75 Å². The molecule has 0 saturated heterocycles. The van der Waals surface area contributed by atoms with Gasteiger partial charge in [0.25, 0.3) is 0 Å². The van der Waals surface area contributed by atoms with Gasteiger partial charge in [0.05, 0.1) is 0 Å². The van der Waals surface area contributed by atoms with E-state index in [0.29, 0.717) is 12.3 Å². The third-order valence-corrected chi connectivity index (χ3v) is 5.47. The fourth-order valence-corrected chi connectivity index (χ4v) is 3.97. The van der Waals surface area contributed by atoms with E-state index in [9.17, 15) is 4.79 Å². The van der Waals surface area contributed by atoms with Gasteiger partial charge in [0.2, 0.25) is 0 Å². The van der Waals surface area contributed by atoms with E-state index in [-0.39, 0.29) is 11.7 Å². The summed E-state index contributed by atoms with van der Waals surface area (Å²) in [7, 11) is 0. The van der Waals surface area contributed by atoms with Crippen LogP contribution in [0.1, 0.15) is 48.6 Å². The highest BCUT2D eigenvalue weighted by atomic mass is 16.5. The zero-order valence-electron chi connectivity index (χ0n) is 16.1. The summed E-state index contributed by atoms with van der Waals surface area (Å²) in [6, 6.07) is 14.5. The minimum absolute atomic E-state index is 0.263. The predicted octanol–water partition coefficient (Wildman–Crippen LogP) is 4.97. The molecule has 0 radical (unpaired) electrons. The fourth-order valence-electron chi connectivity index (χ4n) is 3.97. The van der Waals surface area contributed by atoms with Crippen molar-refractivity contribution in [3.05, 3.63) is 75.1 Å². The van der Waals surface area contributed by atoms with Crippen LogP contribution in [0, 0.1) is 6.92 Å². The van der Waals surface area contributed by atoms with Gasteiger partial charge in [-0.25, -0.2) is 4.79 Å². The van der Waals surface area contributed by atoms with E-state index in [1.165, 1.54) is 5.56 Å². The summed E-state index contributed by atoms with van der Waals surface area (Å²) >= 11 is 0. The van der Waals surface area contributed by atoms with Gasteiger partial charge in [0, 0.05) is 35.2 Å². The molecular weight excluding hydrogens is 338 g/mol. The van der Waals surface area contributed by atoms with E-state index in [1.807, 2.05) is 13.0 Å². The molecule has 0 saturated carbocycles. The first kappa shape index (κ1) is 17.8. The Morgan fingerprint density at radius 3 is 2.70 bits per heavy atom. The van der Waals surface area contributed by atoms with Crippen LogP contribution in [0.25, 0.3) is 11.0 Å². The van der Waals surface area contributed by atoms with Crippen LogP contribution in [0.15, 0.2) is 51.7 Å². The van der Waals surface area contributed by atoms with Crippen LogP contribution in [-0.4, -0.2) is 11.6 Å². The largest absolute Gasteiger partial charge is 0.477 e. The molecule has 4 heteroatoms. The molecule has 4 nitrogen and oxygen atoms in total. The molecule has 1 aromatic heterocycles. The van der Waals surface area contributed by atoms with Crippen LogP contribution in [0.3, 0.4) is 0 Å². The fraction of sp³-hybridized carbons (Fsp3) is 0.348. The first-order valence-electron chi connectivity index (χ1n) is 9.59. The van der Waals surface area contributed by atoms with Crippen LogP contribution >= 0.6 is 0 Å². The Morgan fingerprint density at radius 2 is 1.96 bits per heavy atom. The number of nitrogens with zero attached hydrogens (tertiary/aromatic N) is 1. The van der Waals surface area contributed by atoms with Crippen molar-refractivity contribution in [3.63, 3.8) is 0 Å². The molecule has 4 rings (SSSR count). The average molecular weight is 363 g/mol. The topological polar surface area (TPSA) is 42.7 Å². The van der Waals surface area contributed by atoms with Gasteiger partial charge in [-0.2, -0.15) is 0 Å². The smallest absolute Gasteiger partial charge is 0.336 e. The summed E-state index contributed by atoms with van der Waals surface area (Å²) in [5.74, 6) is 0.857. The van der Waals surface area contributed by atoms with Crippen LogP contribution in [-0.2, 0) is 13.0 Å². The number of benzene rings is 2. The van der Waals surface area contributed by atoms with Crippen LogP contribution in [0.2, 0.25) is 0 Å². The molecule has 1 atom stereocenters. The van der Waals surface area contributed by atoms with Crippen LogP contribution < -0.4 is 10.4 Å². The first-order chi connectivity index (χ1) is 13.1.